The SMILES string of the molecule is COc1cccc(-c2nnc(CNCc3cccc(C)c3)o2)c1. The molecule has 23 heavy (non-hydrogen) atoms. The Hall–Kier alpha value is -2.66. The molecular formula is C18H19N3O2. The summed E-state index contributed by atoms with van der Waals surface area (Å²) in [5, 5.41) is 11.5. The second-order valence-electron chi connectivity index (χ2n) is 5.33. The third-order valence-corrected chi connectivity index (χ3v) is 3.47. The van der Waals surface area contributed by atoms with Gasteiger partial charge in [0.15, 0.2) is 0 Å². The zero-order valence-electron chi connectivity index (χ0n) is 13.2. The monoisotopic (exact) mass is 309 g/mol. The summed E-state index contributed by atoms with van der Waals surface area (Å²) in [6.07, 6.45) is 0. The van der Waals surface area contributed by atoms with E-state index in [-0.39, 0.29) is 0 Å². The van der Waals surface area contributed by atoms with E-state index in [2.05, 4.69) is 46.7 Å². The van der Waals surface area contributed by atoms with Crippen molar-refractivity contribution in [3.8, 4) is 17.2 Å². The van der Waals surface area contributed by atoms with E-state index in [0.29, 0.717) is 18.3 Å². The Morgan fingerprint density at radius 2 is 1.91 bits per heavy atom. The number of aryl methyl sites for hydroxylation is 1. The van der Waals surface area contributed by atoms with Crippen molar-refractivity contribution in [3.63, 3.8) is 0 Å². The molecule has 0 spiro atoms. The lowest BCUT2D eigenvalue weighted by atomic mass is 10.1. The van der Waals surface area contributed by atoms with Crippen molar-refractivity contribution in [3.05, 3.63) is 65.5 Å². The molecule has 5 nitrogen and oxygen atoms in total. The molecule has 0 aliphatic carbocycles. The maximum absolute atomic E-state index is 5.69. The van der Waals surface area contributed by atoms with Gasteiger partial charge in [0, 0.05) is 12.1 Å². The van der Waals surface area contributed by atoms with Crippen LogP contribution >= 0.6 is 0 Å². The van der Waals surface area contributed by atoms with Gasteiger partial charge in [-0.05, 0) is 30.7 Å². The Morgan fingerprint density at radius 1 is 1.04 bits per heavy atom. The number of ether oxygens (including phenoxy) is 1. The molecule has 1 N–H and O–H groups in total. The van der Waals surface area contributed by atoms with Crippen LogP contribution in [0.1, 0.15) is 17.0 Å². The minimum Gasteiger partial charge on any atom is -0.497 e. The molecule has 0 aliphatic rings. The van der Waals surface area contributed by atoms with E-state index in [4.69, 9.17) is 9.15 Å². The van der Waals surface area contributed by atoms with Gasteiger partial charge in [-0.3, -0.25) is 0 Å². The van der Waals surface area contributed by atoms with Crippen LogP contribution in [-0.4, -0.2) is 17.3 Å². The number of aromatic nitrogens is 2. The molecule has 0 saturated heterocycles. The first-order valence-electron chi connectivity index (χ1n) is 7.47. The van der Waals surface area contributed by atoms with Gasteiger partial charge in [0.05, 0.1) is 13.7 Å². The zero-order valence-corrected chi connectivity index (χ0v) is 13.2. The van der Waals surface area contributed by atoms with Crippen molar-refractivity contribution in [1.82, 2.24) is 15.5 Å². The standard InChI is InChI=1S/C18H19N3O2/c1-13-5-3-6-14(9-13)11-19-12-17-20-21-18(23-17)15-7-4-8-16(10-15)22-2/h3-10,19H,11-12H2,1-2H3. The van der Waals surface area contributed by atoms with Gasteiger partial charge < -0.3 is 14.5 Å². The summed E-state index contributed by atoms with van der Waals surface area (Å²) in [5.74, 6) is 1.83. The van der Waals surface area contributed by atoms with Gasteiger partial charge in [-0.1, -0.05) is 35.9 Å². The topological polar surface area (TPSA) is 60.2 Å². The van der Waals surface area contributed by atoms with E-state index in [9.17, 15) is 0 Å². The Bertz CT molecular complexity index is 783. The van der Waals surface area contributed by atoms with E-state index in [1.54, 1.807) is 7.11 Å². The molecule has 3 aromatic rings. The maximum Gasteiger partial charge on any atom is 0.247 e. The largest absolute Gasteiger partial charge is 0.497 e. The molecule has 118 valence electrons. The highest BCUT2D eigenvalue weighted by Crippen LogP contribution is 2.22. The first kappa shape index (κ1) is 15.2. The van der Waals surface area contributed by atoms with Gasteiger partial charge >= 0.3 is 0 Å². The maximum atomic E-state index is 5.69. The van der Waals surface area contributed by atoms with Crippen molar-refractivity contribution in [2.24, 2.45) is 0 Å². The van der Waals surface area contributed by atoms with Gasteiger partial charge in [-0.25, -0.2) is 0 Å². The lowest BCUT2D eigenvalue weighted by Gasteiger charge is -2.03. The summed E-state index contributed by atoms with van der Waals surface area (Å²) in [6.45, 7) is 3.38. The first-order valence-corrected chi connectivity index (χ1v) is 7.47. The zero-order chi connectivity index (χ0) is 16.1. The highest BCUT2D eigenvalue weighted by Gasteiger charge is 2.09. The fourth-order valence-corrected chi connectivity index (χ4v) is 2.33. The second-order valence-corrected chi connectivity index (χ2v) is 5.33. The van der Waals surface area contributed by atoms with Crippen LogP contribution in [0.4, 0.5) is 0 Å². The quantitative estimate of drug-likeness (QED) is 0.756. The predicted octanol–water partition coefficient (Wildman–Crippen LogP) is 3.34. The van der Waals surface area contributed by atoms with Crippen LogP contribution in [0.2, 0.25) is 0 Å². The number of methoxy groups -OCH3 is 1. The Balaban J connectivity index is 1.61. The second kappa shape index (κ2) is 7.07. The number of hydrogen-bond acceptors (Lipinski definition) is 5. The Labute approximate surface area is 135 Å². The van der Waals surface area contributed by atoms with Crippen LogP contribution in [0.5, 0.6) is 5.75 Å². The Morgan fingerprint density at radius 3 is 2.74 bits per heavy atom. The average Bonchev–Trinajstić information content (AvgIpc) is 3.04. The van der Waals surface area contributed by atoms with Crippen LogP contribution in [0.25, 0.3) is 11.5 Å². The normalized spacial score (nSPS) is 10.7. The van der Waals surface area contributed by atoms with Gasteiger partial charge in [0.1, 0.15) is 5.75 Å². The van der Waals surface area contributed by atoms with E-state index in [1.807, 2.05) is 24.3 Å². The minimum atomic E-state index is 0.497. The summed E-state index contributed by atoms with van der Waals surface area (Å²) < 4.78 is 10.9. The van der Waals surface area contributed by atoms with Crippen molar-refractivity contribution in [1.29, 1.82) is 0 Å². The number of nitrogens with one attached hydrogen (secondary N) is 1. The van der Waals surface area contributed by atoms with Gasteiger partial charge in [0.25, 0.3) is 0 Å². The summed E-state index contributed by atoms with van der Waals surface area (Å²) in [7, 11) is 1.63. The molecular weight excluding hydrogens is 290 g/mol. The molecule has 1 aromatic heterocycles. The van der Waals surface area contributed by atoms with Crippen LogP contribution in [0, 0.1) is 6.92 Å². The van der Waals surface area contributed by atoms with E-state index in [1.165, 1.54) is 11.1 Å². The lowest BCUT2D eigenvalue weighted by Crippen LogP contribution is -2.12. The molecule has 2 aromatic carbocycles. The lowest BCUT2D eigenvalue weighted by molar-refractivity contribution is 0.414. The fourth-order valence-electron chi connectivity index (χ4n) is 2.33. The summed E-state index contributed by atoms with van der Waals surface area (Å²) in [5.41, 5.74) is 3.33. The van der Waals surface area contributed by atoms with Crippen molar-refractivity contribution in [2.75, 3.05) is 7.11 Å². The summed E-state index contributed by atoms with van der Waals surface area (Å²) >= 11 is 0. The van der Waals surface area contributed by atoms with Crippen LogP contribution in [0.15, 0.2) is 52.9 Å². The number of rotatable bonds is 6. The highest BCUT2D eigenvalue weighted by molar-refractivity contribution is 5.55. The molecule has 0 fully saturated rings. The van der Waals surface area contributed by atoms with Crippen molar-refractivity contribution in [2.45, 2.75) is 20.0 Å². The number of hydrogen-bond donors (Lipinski definition) is 1. The summed E-state index contributed by atoms with van der Waals surface area (Å²) in [6, 6.07) is 16.0. The average molecular weight is 309 g/mol. The fraction of sp³-hybridized carbons (Fsp3) is 0.222. The van der Waals surface area contributed by atoms with Crippen molar-refractivity contribution >= 4 is 0 Å². The van der Waals surface area contributed by atoms with Crippen LogP contribution in [0.3, 0.4) is 0 Å². The van der Waals surface area contributed by atoms with Gasteiger partial charge in [0.2, 0.25) is 11.8 Å². The molecule has 1 heterocycles. The van der Waals surface area contributed by atoms with Crippen LogP contribution in [-0.2, 0) is 13.1 Å². The molecule has 0 saturated carbocycles. The minimum absolute atomic E-state index is 0.497. The third-order valence-electron chi connectivity index (χ3n) is 3.47. The molecule has 5 heteroatoms. The smallest absolute Gasteiger partial charge is 0.247 e. The van der Waals surface area contributed by atoms with E-state index < -0.39 is 0 Å². The molecule has 0 aliphatic heterocycles. The Kier molecular flexibility index (Phi) is 4.68. The van der Waals surface area contributed by atoms with Crippen molar-refractivity contribution < 1.29 is 9.15 Å². The summed E-state index contributed by atoms with van der Waals surface area (Å²) in [4.78, 5) is 0. The first-order chi connectivity index (χ1) is 11.2. The third kappa shape index (κ3) is 3.96. The molecule has 0 bridgehead atoms. The number of benzene rings is 2. The molecule has 0 radical (unpaired) electrons. The van der Waals surface area contributed by atoms with E-state index in [0.717, 1.165) is 17.9 Å². The molecule has 3 rings (SSSR count). The molecule has 0 atom stereocenters. The molecule has 0 unspecified atom stereocenters. The highest BCUT2D eigenvalue weighted by atomic mass is 16.5. The molecule has 0 amide bonds. The van der Waals surface area contributed by atoms with Gasteiger partial charge in [-0.15, -0.1) is 10.2 Å². The van der Waals surface area contributed by atoms with Crippen LogP contribution < -0.4 is 10.1 Å². The van der Waals surface area contributed by atoms with E-state index >= 15 is 0 Å². The number of nitrogens with zero attached hydrogens (tertiary/aromatic N) is 2. The predicted molar refractivity (Wildman–Crippen MR) is 88.0 cm³/mol. The van der Waals surface area contributed by atoms with Gasteiger partial charge in [-0.2, -0.15) is 0 Å².